The Morgan fingerprint density at radius 3 is 2.31 bits per heavy atom. The van der Waals surface area contributed by atoms with Crippen molar-refractivity contribution in [1.29, 1.82) is 0 Å². The van der Waals surface area contributed by atoms with Crippen LogP contribution in [0.5, 0.6) is 11.5 Å². The van der Waals surface area contributed by atoms with Crippen molar-refractivity contribution in [2.45, 2.75) is 6.61 Å². The summed E-state index contributed by atoms with van der Waals surface area (Å²) in [6.45, 7) is 0.466. The van der Waals surface area contributed by atoms with Gasteiger partial charge in [-0.2, -0.15) is 0 Å². The van der Waals surface area contributed by atoms with Gasteiger partial charge in [-0.3, -0.25) is 4.79 Å². The van der Waals surface area contributed by atoms with E-state index in [-0.39, 0.29) is 5.78 Å². The summed E-state index contributed by atoms with van der Waals surface area (Å²) >= 11 is 0. The molecule has 3 aromatic rings. The maximum Gasteiger partial charge on any atom is 0.185 e. The van der Waals surface area contributed by atoms with Crippen LogP contribution >= 0.6 is 0 Å². The number of carbonyl (C=O) groups excluding carboxylic acids is 1. The minimum absolute atomic E-state index is 0.0429. The molecule has 0 heterocycles. The third-order valence-corrected chi connectivity index (χ3v) is 4.52. The number of ketones is 1. The van der Waals surface area contributed by atoms with E-state index >= 15 is 0 Å². The van der Waals surface area contributed by atoms with Crippen molar-refractivity contribution in [3.8, 4) is 11.5 Å². The summed E-state index contributed by atoms with van der Waals surface area (Å²) in [6, 6.07) is 23.1. The van der Waals surface area contributed by atoms with Gasteiger partial charge in [0, 0.05) is 25.3 Å². The number of allylic oxidation sites excluding steroid dienone is 1. The Morgan fingerprint density at radius 1 is 0.931 bits per heavy atom. The molecule has 0 amide bonds. The van der Waals surface area contributed by atoms with Crippen molar-refractivity contribution < 1.29 is 14.3 Å². The van der Waals surface area contributed by atoms with Crippen LogP contribution in [0.3, 0.4) is 0 Å². The fourth-order valence-electron chi connectivity index (χ4n) is 2.83. The molecule has 3 aromatic carbocycles. The highest BCUT2D eigenvalue weighted by Gasteiger charge is 2.07. The van der Waals surface area contributed by atoms with E-state index in [0.29, 0.717) is 23.7 Å². The SMILES string of the molecule is COc1cc(C=CC(=O)c2ccc(N(C)C)cc2)ccc1OCc1ccccc1. The first-order valence-corrected chi connectivity index (χ1v) is 9.41. The van der Waals surface area contributed by atoms with Crippen molar-refractivity contribution in [2.24, 2.45) is 0 Å². The molecule has 148 valence electrons. The Balaban J connectivity index is 1.68. The second-order valence-electron chi connectivity index (χ2n) is 6.82. The summed E-state index contributed by atoms with van der Waals surface area (Å²) in [4.78, 5) is 14.4. The Hall–Kier alpha value is -3.53. The standard InChI is InChI=1S/C25H25NO3/c1-26(2)22-13-11-21(12-14-22)23(27)15-9-19-10-16-24(25(17-19)28-3)29-18-20-7-5-4-6-8-20/h4-17H,18H2,1-3H3. The smallest absolute Gasteiger partial charge is 0.185 e. The van der Waals surface area contributed by atoms with Gasteiger partial charge in [-0.15, -0.1) is 0 Å². The average Bonchev–Trinajstić information content (AvgIpc) is 2.77. The first-order chi connectivity index (χ1) is 14.1. The van der Waals surface area contributed by atoms with Gasteiger partial charge in [-0.1, -0.05) is 42.5 Å². The number of benzene rings is 3. The molecule has 4 heteroatoms. The van der Waals surface area contributed by atoms with Crippen LogP contribution in [0.4, 0.5) is 5.69 Å². The normalized spacial score (nSPS) is 10.7. The van der Waals surface area contributed by atoms with Crippen LogP contribution in [0.15, 0.2) is 78.9 Å². The van der Waals surface area contributed by atoms with Gasteiger partial charge in [0.2, 0.25) is 0 Å². The number of carbonyl (C=O) groups is 1. The van der Waals surface area contributed by atoms with Gasteiger partial charge < -0.3 is 14.4 Å². The van der Waals surface area contributed by atoms with E-state index in [4.69, 9.17) is 9.47 Å². The fraction of sp³-hybridized carbons (Fsp3) is 0.160. The number of nitrogens with zero attached hydrogens (tertiary/aromatic N) is 1. The van der Waals surface area contributed by atoms with Gasteiger partial charge in [0.05, 0.1) is 7.11 Å². The van der Waals surface area contributed by atoms with E-state index in [9.17, 15) is 4.79 Å². The highest BCUT2D eigenvalue weighted by molar-refractivity contribution is 6.07. The molecule has 0 saturated carbocycles. The van der Waals surface area contributed by atoms with Gasteiger partial charge >= 0.3 is 0 Å². The molecular weight excluding hydrogens is 362 g/mol. The second kappa shape index (κ2) is 9.60. The summed E-state index contributed by atoms with van der Waals surface area (Å²) in [5.41, 5.74) is 3.67. The number of ether oxygens (including phenoxy) is 2. The number of methoxy groups -OCH3 is 1. The molecule has 0 N–H and O–H groups in total. The van der Waals surface area contributed by atoms with Crippen LogP contribution in [-0.4, -0.2) is 27.0 Å². The molecule has 0 fully saturated rings. The second-order valence-corrected chi connectivity index (χ2v) is 6.82. The van der Waals surface area contributed by atoms with Crippen LogP contribution in [0.2, 0.25) is 0 Å². The Morgan fingerprint density at radius 2 is 1.66 bits per heavy atom. The third kappa shape index (κ3) is 5.48. The maximum absolute atomic E-state index is 12.4. The number of rotatable bonds is 8. The molecule has 0 atom stereocenters. The highest BCUT2D eigenvalue weighted by Crippen LogP contribution is 2.29. The predicted octanol–water partition coefficient (Wildman–Crippen LogP) is 5.24. The number of anilines is 1. The predicted molar refractivity (Wildman–Crippen MR) is 118 cm³/mol. The minimum atomic E-state index is -0.0429. The minimum Gasteiger partial charge on any atom is -0.493 e. The van der Waals surface area contributed by atoms with Gasteiger partial charge in [0.1, 0.15) is 6.61 Å². The molecule has 4 nitrogen and oxygen atoms in total. The molecule has 3 rings (SSSR count). The summed E-state index contributed by atoms with van der Waals surface area (Å²) < 4.78 is 11.3. The highest BCUT2D eigenvalue weighted by atomic mass is 16.5. The van der Waals surface area contributed by atoms with Crippen LogP contribution in [0.1, 0.15) is 21.5 Å². The largest absolute Gasteiger partial charge is 0.493 e. The van der Waals surface area contributed by atoms with E-state index in [1.54, 1.807) is 19.3 Å². The average molecular weight is 387 g/mol. The van der Waals surface area contributed by atoms with Crippen LogP contribution in [-0.2, 0) is 6.61 Å². The lowest BCUT2D eigenvalue weighted by Crippen LogP contribution is -2.08. The van der Waals surface area contributed by atoms with E-state index in [0.717, 1.165) is 16.8 Å². The molecule has 29 heavy (non-hydrogen) atoms. The monoisotopic (exact) mass is 387 g/mol. The van der Waals surface area contributed by atoms with E-state index in [2.05, 4.69) is 0 Å². The van der Waals surface area contributed by atoms with Crippen molar-refractivity contribution >= 4 is 17.5 Å². The molecule has 0 aromatic heterocycles. The lowest BCUT2D eigenvalue weighted by atomic mass is 10.1. The summed E-state index contributed by atoms with van der Waals surface area (Å²) in [5, 5.41) is 0. The topological polar surface area (TPSA) is 38.8 Å². The van der Waals surface area contributed by atoms with Crippen LogP contribution in [0, 0.1) is 0 Å². The van der Waals surface area contributed by atoms with E-state index in [1.165, 1.54) is 0 Å². The van der Waals surface area contributed by atoms with Crippen molar-refractivity contribution in [3.63, 3.8) is 0 Å². The third-order valence-electron chi connectivity index (χ3n) is 4.52. The van der Waals surface area contributed by atoms with Gasteiger partial charge in [0.25, 0.3) is 0 Å². The lowest BCUT2D eigenvalue weighted by Gasteiger charge is -2.12. The van der Waals surface area contributed by atoms with Crippen molar-refractivity contribution in [3.05, 3.63) is 95.6 Å². The molecular formula is C25H25NO3. The zero-order valence-corrected chi connectivity index (χ0v) is 17.0. The number of hydrogen-bond acceptors (Lipinski definition) is 4. The summed E-state index contributed by atoms with van der Waals surface area (Å²) in [6.07, 6.45) is 3.36. The summed E-state index contributed by atoms with van der Waals surface area (Å²) in [5.74, 6) is 1.25. The van der Waals surface area contributed by atoms with Gasteiger partial charge in [0.15, 0.2) is 17.3 Å². The zero-order valence-electron chi connectivity index (χ0n) is 17.0. The summed E-state index contributed by atoms with van der Waals surface area (Å²) in [7, 11) is 5.55. The molecule has 0 radical (unpaired) electrons. The van der Waals surface area contributed by atoms with Crippen molar-refractivity contribution in [1.82, 2.24) is 0 Å². The Kier molecular flexibility index (Phi) is 6.69. The first-order valence-electron chi connectivity index (χ1n) is 9.41. The first kappa shape index (κ1) is 20.2. The van der Waals surface area contributed by atoms with Gasteiger partial charge in [-0.25, -0.2) is 0 Å². The molecule has 0 saturated heterocycles. The zero-order chi connectivity index (χ0) is 20.6. The molecule has 0 aliphatic rings. The maximum atomic E-state index is 12.4. The number of hydrogen-bond donors (Lipinski definition) is 0. The molecule has 0 spiro atoms. The van der Waals surface area contributed by atoms with E-state index < -0.39 is 0 Å². The quantitative estimate of drug-likeness (QED) is 0.392. The Labute approximate surface area is 172 Å². The van der Waals surface area contributed by atoms with Gasteiger partial charge in [-0.05, 0) is 53.6 Å². The Bertz CT molecular complexity index is 977. The molecule has 0 aliphatic carbocycles. The van der Waals surface area contributed by atoms with Crippen molar-refractivity contribution in [2.75, 3.05) is 26.1 Å². The molecule has 0 aliphatic heterocycles. The van der Waals surface area contributed by atoms with E-state index in [1.807, 2.05) is 91.8 Å². The fourth-order valence-corrected chi connectivity index (χ4v) is 2.83. The molecule has 0 unspecified atom stereocenters. The molecule has 0 bridgehead atoms. The van der Waals surface area contributed by atoms with Crippen LogP contribution < -0.4 is 14.4 Å². The lowest BCUT2D eigenvalue weighted by molar-refractivity contribution is 0.104. The van der Waals surface area contributed by atoms with Crippen LogP contribution in [0.25, 0.3) is 6.08 Å².